The van der Waals surface area contributed by atoms with Crippen molar-refractivity contribution >= 4 is 43.2 Å². The van der Waals surface area contributed by atoms with Crippen LogP contribution in [0.5, 0.6) is 0 Å². The lowest BCUT2D eigenvalue weighted by atomic mass is 10.1. The second-order valence-corrected chi connectivity index (χ2v) is 7.20. The molecule has 96 valence electrons. The number of hydrogen-bond donors (Lipinski definition) is 1. The van der Waals surface area contributed by atoms with E-state index in [1.54, 1.807) is 17.5 Å². The quantitative estimate of drug-likeness (QED) is 0.797. The van der Waals surface area contributed by atoms with Gasteiger partial charge in [-0.3, -0.25) is 4.98 Å². The molecule has 0 aliphatic carbocycles. The molecule has 0 fully saturated rings. The third-order valence-electron chi connectivity index (χ3n) is 2.56. The molecule has 0 saturated heterocycles. The monoisotopic (exact) mass is 388 g/mol. The van der Waals surface area contributed by atoms with Gasteiger partial charge in [-0.15, -0.1) is 11.3 Å². The summed E-state index contributed by atoms with van der Waals surface area (Å²) in [7, 11) is 0. The van der Waals surface area contributed by atoms with E-state index in [1.165, 1.54) is 10.4 Å². The maximum absolute atomic E-state index is 4.21. The van der Waals surface area contributed by atoms with Gasteiger partial charge in [0.15, 0.2) is 0 Å². The molecule has 5 heteroatoms. The summed E-state index contributed by atoms with van der Waals surface area (Å²) in [5.74, 6) is 0. The van der Waals surface area contributed by atoms with Crippen LogP contribution in [0.2, 0.25) is 0 Å². The van der Waals surface area contributed by atoms with E-state index < -0.39 is 0 Å². The third kappa shape index (κ3) is 3.41. The summed E-state index contributed by atoms with van der Waals surface area (Å²) in [4.78, 5) is 5.50. The number of nitrogens with zero attached hydrogens (tertiary/aromatic N) is 1. The highest BCUT2D eigenvalue weighted by Crippen LogP contribution is 2.37. The number of rotatable bonds is 5. The average molecular weight is 390 g/mol. The molecule has 18 heavy (non-hydrogen) atoms. The van der Waals surface area contributed by atoms with E-state index in [4.69, 9.17) is 0 Å². The van der Waals surface area contributed by atoms with Crippen molar-refractivity contribution in [2.75, 3.05) is 6.54 Å². The molecule has 1 N–H and O–H groups in total. The molecular weight excluding hydrogens is 376 g/mol. The summed E-state index contributed by atoms with van der Waals surface area (Å²) in [5, 5.41) is 3.57. The number of thiophene rings is 1. The zero-order valence-electron chi connectivity index (χ0n) is 9.99. The summed E-state index contributed by atoms with van der Waals surface area (Å²) < 4.78 is 2.24. The largest absolute Gasteiger partial charge is 0.306 e. The van der Waals surface area contributed by atoms with E-state index in [0.29, 0.717) is 0 Å². The van der Waals surface area contributed by atoms with Crippen LogP contribution in [0.1, 0.15) is 29.8 Å². The van der Waals surface area contributed by atoms with Crippen molar-refractivity contribution in [1.29, 1.82) is 0 Å². The van der Waals surface area contributed by atoms with E-state index >= 15 is 0 Å². The Morgan fingerprint density at radius 1 is 1.44 bits per heavy atom. The second-order valence-electron chi connectivity index (χ2n) is 3.94. The lowest BCUT2D eigenvalue weighted by molar-refractivity contribution is 0.604. The number of nitrogens with one attached hydrogen (secondary N) is 1. The van der Waals surface area contributed by atoms with Crippen LogP contribution in [0.25, 0.3) is 0 Å². The highest BCUT2D eigenvalue weighted by molar-refractivity contribution is 9.13. The first-order valence-electron chi connectivity index (χ1n) is 5.80. The Balaban J connectivity index is 2.30. The molecule has 2 rings (SSSR count). The fraction of sp³-hybridized carbons (Fsp3) is 0.308. The van der Waals surface area contributed by atoms with Crippen molar-refractivity contribution in [1.82, 2.24) is 10.3 Å². The van der Waals surface area contributed by atoms with Crippen LogP contribution in [0, 0.1) is 0 Å². The maximum atomic E-state index is 4.21. The molecule has 0 aliphatic heterocycles. The normalized spacial score (nSPS) is 12.6. The molecule has 2 nitrogen and oxygen atoms in total. The predicted octanol–water partition coefficient (Wildman–Crippen LogP) is 4.76. The Kier molecular flexibility index (Phi) is 5.36. The van der Waals surface area contributed by atoms with Gasteiger partial charge in [0.05, 0.1) is 9.83 Å². The lowest BCUT2D eigenvalue weighted by Crippen LogP contribution is -2.22. The zero-order valence-corrected chi connectivity index (χ0v) is 14.0. The van der Waals surface area contributed by atoms with Gasteiger partial charge in [0.25, 0.3) is 0 Å². The topological polar surface area (TPSA) is 24.9 Å². The summed E-state index contributed by atoms with van der Waals surface area (Å²) in [6.07, 6.45) is 4.85. The third-order valence-corrected chi connectivity index (χ3v) is 5.89. The smallest absolute Gasteiger partial charge is 0.0843 e. The van der Waals surface area contributed by atoms with E-state index in [0.717, 1.165) is 21.2 Å². The van der Waals surface area contributed by atoms with Gasteiger partial charge in [-0.1, -0.05) is 13.0 Å². The number of aromatic nitrogens is 1. The first-order chi connectivity index (χ1) is 8.72. The minimum Gasteiger partial charge on any atom is -0.306 e. The molecule has 0 spiro atoms. The van der Waals surface area contributed by atoms with Crippen molar-refractivity contribution in [2.24, 2.45) is 0 Å². The fourth-order valence-corrected chi connectivity index (χ4v) is 3.92. The van der Waals surface area contributed by atoms with Crippen LogP contribution in [-0.4, -0.2) is 11.5 Å². The molecule has 0 aromatic carbocycles. The number of pyridine rings is 1. The highest BCUT2D eigenvalue weighted by atomic mass is 79.9. The van der Waals surface area contributed by atoms with Crippen LogP contribution in [0.4, 0.5) is 0 Å². The minimum atomic E-state index is 0.214. The Labute approximate surface area is 128 Å². The predicted molar refractivity (Wildman–Crippen MR) is 84.1 cm³/mol. The van der Waals surface area contributed by atoms with Gasteiger partial charge in [-0.05, 0) is 62.5 Å². The average Bonchev–Trinajstić information content (AvgIpc) is 2.71. The van der Waals surface area contributed by atoms with E-state index in [1.807, 2.05) is 12.3 Å². The molecule has 0 radical (unpaired) electrons. The second kappa shape index (κ2) is 6.80. The minimum absolute atomic E-state index is 0.214. The van der Waals surface area contributed by atoms with E-state index in [2.05, 4.69) is 61.2 Å². The Morgan fingerprint density at radius 3 is 2.83 bits per heavy atom. The molecule has 1 atom stereocenters. The summed E-state index contributed by atoms with van der Waals surface area (Å²) in [5.41, 5.74) is 1.20. The summed E-state index contributed by atoms with van der Waals surface area (Å²) in [6, 6.07) is 6.47. The molecule has 2 aromatic rings. The van der Waals surface area contributed by atoms with Crippen LogP contribution in [-0.2, 0) is 0 Å². The van der Waals surface area contributed by atoms with Gasteiger partial charge in [-0.25, -0.2) is 0 Å². The Hall–Kier alpha value is -0.230. The first kappa shape index (κ1) is 14.2. The molecule has 2 aromatic heterocycles. The molecule has 0 bridgehead atoms. The molecule has 0 aliphatic rings. The van der Waals surface area contributed by atoms with Gasteiger partial charge in [0.1, 0.15) is 0 Å². The maximum Gasteiger partial charge on any atom is 0.0843 e. The lowest BCUT2D eigenvalue weighted by Gasteiger charge is -2.17. The van der Waals surface area contributed by atoms with Gasteiger partial charge in [0.2, 0.25) is 0 Å². The van der Waals surface area contributed by atoms with Crippen LogP contribution < -0.4 is 5.32 Å². The highest BCUT2D eigenvalue weighted by Gasteiger charge is 2.17. The van der Waals surface area contributed by atoms with E-state index in [-0.39, 0.29) is 6.04 Å². The Morgan fingerprint density at radius 2 is 2.28 bits per heavy atom. The van der Waals surface area contributed by atoms with Crippen molar-refractivity contribution < 1.29 is 0 Å². The van der Waals surface area contributed by atoms with E-state index in [9.17, 15) is 0 Å². The first-order valence-corrected chi connectivity index (χ1v) is 8.20. The molecule has 0 saturated carbocycles. The van der Waals surface area contributed by atoms with Crippen LogP contribution in [0.3, 0.4) is 0 Å². The number of hydrogen-bond acceptors (Lipinski definition) is 3. The van der Waals surface area contributed by atoms with Crippen LogP contribution in [0.15, 0.2) is 38.9 Å². The van der Waals surface area contributed by atoms with Crippen molar-refractivity contribution in [3.63, 3.8) is 0 Å². The SMILES string of the molecule is CCCNC(c1cccnc1)c1cc(Br)c(Br)s1. The standard InChI is InChI=1S/C13H14Br2N2S/c1-2-5-17-12(9-4-3-6-16-8-9)11-7-10(14)13(15)18-11/h3-4,6-8,12,17H,2,5H2,1H3. The van der Waals surface area contributed by atoms with Crippen molar-refractivity contribution in [2.45, 2.75) is 19.4 Å². The van der Waals surface area contributed by atoms with Crippen molar-refractivity contribution in [3.05, 3.63) is 49.3 Å². The summed E-state index contributed by atoms with van der Waals surface area (Å²) >= 11 is 8.85. The Bertz CT molecular complexity index is 479. The molecule has 1 unspecified atom stereocenters. The zero-order chi connectivity index (χ0) is 13.0. The van der Waals surface area contributed by atoms with Gasteiger partial charge >= 0.3 is 0 Å². The van der Waals surface area contributed by atoms with Gasteiger partial charge in [-0.2, -0.15) is 0 Å². The van der Waals surface area contributed by atoms with Crippen molar-refractivity contribution in [3.8, 4) is 0 Å². The van der Waals surface area contributed by atoms with Crippen LogP contribution >= 0.6 is 43.2 Å². The van der Waals surface area contributed by atoms with Gasteiger partial charge in [0, 0.05) is 21.7 Å². The molecule has 0 amide bonds. The fourth-order valence-electron chi connectivity index (χ4n) is 1.72. The van der Waals surface area contributed by atoms with Gasteiger partial charge < -0.3 is 5.32 Å². The molecule has 2 heterocycles. The summed E-state index contributed by atoms with van der Waals surface area (Å²) in [6.45, 7) is 3.17. The molecular formula is C13H14Br2N2S. The number of halogens is 2.